The van der Waals surface area contributed by atoms with Gasteiger partial charge in [0, 0.05) is 31.5 Å². The van der Waals surface area contributed by atoms with Crippen molar-refractivity contribution in [1.82, 2.24) is 15.0 Å². The Kier molecular flexibility index (Phi) is 5.54. The largest absolute Gasteiger partial charge is 0.312 e. The van der Waals surface area contributed by atoms with Gasteiger partial charge in [-0.15, -0.1) is 0 Å². The maximum Gasteiger partial charge on any atom is 0.212 e. The SMILES string of the molecule is CCNS(=O)(=O)CCNCc1ccc(C)nc1. The van der Waals surface area contributed by atoms with Gasteiger partial charge in [0.25, 0.3) is 0 Å². The molecule has 0 amide bonds. The van der Waals surface area contributed by atoms with E-state index in [1.54, 1.807) is 13.1 Å². The maximum absolute atomic E-state index is 11.3. The van der Waals surface area contributed by atoms with Crippen molar-refractivity contribution >= 4 is 10.0 Å². The Bertz CT molecular complexity index is 429. The topological polar surface area (TPSA) is 71.1 Å². The van der Waals surface area contributed by atoms with E-state index in [2.05, 4.69) is 15.0 Å². The maximum atomic E-state index is 11.3. The lowest BCUT2D eigenvalue weighted by Gasteiger charge is -2.06. The first-order valence-electron chi connectivity index (χ1n) is 5.63. The van der Waals surface area contributed by atoms with Gasteiger partial charge in [0.2, 0.25) is 10.0 Å². The average Bonchev–Trinajstić information content (AvgIpc) is 2.27. The minimum absolute atomic E-state index is 0.0974. The van der Waals surface area contributed by atoms with E-state index in [4.69, 9.17) is 0 Å². The smallest absolute Gasteiger partial charge is 0.212 e. The van der Waals surface area contributed by atoms with Crippen molar-refractivity contribution in [3.63, 3.8) is 0 Å². The van der Waals surface area contributed by atoms with Crippen molar-refractivity contribution in [2.45, 2.75) is 20.4 Å². The molecule has 0 unspecified atom stereocenters. The van der Waals surface area contributed by atoms with E-state index < -0.39 is 10.0 Å². The summed E-state index contributed by atoms with van der Waals surface area (Å²) in [6.07, 6.45) is 1.79. The van der Waals surface area contributed by atoms with Crippen LogP contribution in [0.5, 0.6) is 0 Å². The molecule has 6 heteroatoms. The number of aromatic nitrogens is 1. The second-order valence-electron chi connectivity index (χ2n) is 3.80. The Morgan fingerprint density at radius 2 is 2.12 bits per heavy atom. The molecule has 1 heterocycles. The van der Waals surface area contributed by atoms with Crippen LogP contribution in [0.4, 0.5) is 0 Å². The minimum Gasteiger partial charge on any atom is -0.312 e. The van der Waals surface area contributed by atoms with Gasteiger partial charge in [0.15, 0.2) is 0 Å². The predicted molar refractivity (Wildman–Crippen MR) is 68.1 cm³/mol. The number of rotatable bonds is 7. The molecule has 0 radical (unpaired) electrons. The van der Waals surface area contributed by atoms with Crippen molar-refractivity contribution in [3.05, 3.63) is 29.6 Å². The first kappa shape index (κ1) is 14.1. The third-order valence-electron chi connectivity index (χ3n) is 2.21. The molecule has 0 aliphatic heterocycles. The molecule has 0 saturated carbocycles. The van der Waals surface area contributed by atoms with Gasteiger partial charge >= 0.3 is 0 Å². The Morgan fingerprint density at radius 3 is 2.71 bits per heavy atom. The molecule has 17 heavy (non-hydrogen) atoms. The molecule has 0 atom stereocenters. The second kappa shape index (κ2) is 6.68. The normalized spacial score (nSPS) is 11.6. The van der Waals surface area contributed by atoms with E-state index in [0.717, 1.165) is 11.3 Å². The van der Waals surface area contributed by atoms with Crippen LogP contribution < -0.4 is 10.0 Å². The number of nitrogens with one attached hydrogen (secondary N) is 2. The predicted octanol–water partition coefficient (Wildman–Crippen LogP) is 0.419. The number of pyridine rings is 1. The van der Waals surface area contributed by atoms with Crippen LogP contribution in [0.15, 0.2) is 18.3 Å². The number of sulfonamides is 1. The standard InChI is InChI=1S/C11H19N3O2S/c1-3-14-17(15,16)7-6-12-8-11-5-4-10(2)13-9-11/h4-5,9,12,14H,3,6-8H2,1-2H3. The fourth-order valence-corrected chi connectivity index (χ4v) is 2.33. The molecular formula is C11H19N3O2S. The lowest BCUT2D eigenvalue weighted by atomic mass is 10.2. The van der Waals surface area contributed by atoms with E-state index in [1.807, 2.05) is 19.1 Å². The molecule has 1 rings (SSSR count). The second-order valence-corrected chi connectivity index (χ2v) is 5.73. The zero-order valence-electron chi connectivity index (χ0n) is 10.2. The third-order valence-corrected chi connectivity index (χ3v) is 3.68. The lowest BCUT2D eigenvalue weighted by Crippen LogP contribution is -2.31. The highest BCUT2D eigenvalue weighted by Gasteiger charge is 2.06. The van der Waals surface area contributed by atoms with Gasteiger partial charge < -0.3 is 5.32 Å². The van der Waals surface area contributed by atoms with Gasteiger partial charge in [-0.25, -0.2) is 13.1 Å². The molecule has 0 bridgehead atoms. The van der Waals surface area contributed by atoms with Crippen LogP contribution >= 0.6 is 0 Å². The molecule has 0 fully saturated rings. The highest BCUT2D eigenvalue weighted by atomic mass is 32.2. The molecule has 1 aromatic rings. The van der Waals surface area contributed by atoms with Gasteiger partial charge in [-0.2, -0.15) is 0 Å². The molecule has 0 saturated heterocycles. The van der Waals surface area contributed by atoms with E-state index in [9.17, 15) is 8.42 Å². The van der Waals surface area contributed by atoms with E-state index in [1.165, 1.54) is 0 Å². The number of aryl methyl sites for hydroxylation is 1. The minimum atomic E-state index is -3.12. The Morgan fingerprint density at radius 1 is 1.35 bits per heavy atom. The summed E-state index contributed by atoms with van der Waals surface area (Å²) >= 11 is 0. The van der Waals surface area contributed by atoms with Crippen LogP contribution in [-0.2, 0) is 16.6 Å². The number of hydrogen-bond donors (Lipinski definition) is 2. The first-order valence-corrected chi connectivity index (χ1v) is 7.28. The summed E-state index contributed by atoms with van der Waals surface area (Å²) in [5.74, 6) is 0.0974. The molecule has 5 nitrogen and oxygen atoms in total. The average molecular weight is 257 g/mol. The Balaban J connectivity index is 2.27. The van der Waals surface area contributed by atoms with E-state index in [0.29, 0.717) is 19.6 Å². The highest BCUT2D eigenvalue weighted by molar-refractivity contribution is 7.89. The fraction of sp³-hybridized carbons (Fsp3) is 0.545. The molecule has 0 aliphatic rings. The first-order chi connectivity index (χ1) is 8.03. The van der Waals surface area contributed by atoms with Crippen LogP contribution in [0.1, 0.15) is 18.2 Å². The van der Waals surface area contributed by atoms with Crippen LogP contribution in [0.25, 0.3) is 0 Å². The summed E-state index contributed by atoms with van der Waals surface area (Å²) in [7, 11) is -3.12. The van der Waals surface area contributed by atoms with Gasteiger partial charge in [-0.3, -0.25) is 4.98 Å². The summed E-state index contributed by atoms with van der Waals surface area (Å²) in [6, 6.07) is 3.92. The molecule has 2 N–H and O–H groups in total. The Labute approximate surface area is 103 Å². The third kappa shape index (κ3) is 5.76. The van der Waals surface area contributed by atoms with Gasteiger partial charge in [0.05, 0.1) is 5.75 Å². The molecule has 96 valence electrons. The molecule has 0 aromatic carbocycles. The summed E-state index contributed by atoms with van der Waals surface area (Å²) in [4.78, 5) is 4.17. The summed E-state index contributed by atoms with van der Waals surface area (Å²) in [5, 5.41) is 3.08. The van der Waals surface area contributed by atoms with Gasteiger partial charge in [-0.05, 0) is 18.6 Å². The summed E-state index contributed by atoms with van der Waals surface area (Å²) in [6.45, 7) is 5.20. The van der Waals surface area contributed by atoms with Crippen molar-refractivity contribution in [2.24, 2.45) is 0 Å². The summed E-state index contributed by atoms with van der Waals surface area (Å²) < 4.78 is 25.1. The molecule has 1 aromatic heterocycles. The van der Waals surface area contributed by atoms with Gasteiger partial charge in [-0.1, -0.05) is 13.0 Å². The van der Waals surface area contributed by atoms with E-state index >= 15 is 0 Å². The summed E-state index contributed by atoms with van der Waals surface area (Å²) in [5.41, 5.74) is 2.03. The van der Waals surface area contributed by atoms with Crippen LogP contribution in [0, 0.1) is 6.92 Å². The van der Waals surface area contributed by atoms with Crippen molar-refractivity contribution in [3.8, 4) is 0 Å². The molecular weight excluding hydrogens is 238 g/mol. The van der Waals surface area contributed by atoms with Gasteiger partial charge in [0.1, 0.15) is 0 Å². The molecule has 0 spiro atoms. The monoisotopic (exact) mass is 257 g/mol. The van der Waals surface area contributed by atoms with E-state index in [-0.39, 0.29) is 5.75 Å². The van der Waals surface area contributed by atoms with Crippen molar-refractivity contribution in [2.75, 3.05) is 18.8 Å². The number of nitrogens with zero attached hydrogens (tertiary/aromatic N) is 1. The van der Waals surface area contributed by atoms with Crippen LogP contribution in [0.2, 0.25) is 0 Å². The van der Waals surface area contributed by atoms with Crippen molar-refractivity contribution in [1.29, 1.82) is 0 Å². The Hall–Kier alpha value is -0.980. The quantitative estimate of drug-likeness (QED) is 0.694. The van der Waals surface area contributed by atoms with Crippen molar-refractivity contribution < 1.29 is 8.42 Å². The van der Waals surface area contributed by atoms with Crippen LogP contribution in [0.3, 0.4) is 0 Å². The lowest BCUT2D eigenvalue weighted by molar-refractivity contribution is 0.578. The van der Waals surface area contributed by atoms with Crippen LogP contribution in [-0.4, -0.2) is 32.2 Å². The molecule has 0 aliphatic carbocycles. The zero-order valence-corrected chi connectivity index (χ0v) is 11.0. The fourth-order valence-electron chi connectivity index (χ4n) is 1.33. The zero-order chi connectivity index (χ0) is 12.7. The highest BCUT2D eigenvalue weighted by Crippen LogP contribution is 1.98. The number of hydrogen-bond acceptors (Lipinski definition) is 4.